The zero-order valence-corrected chi connectivity index (χ0v) is 12.5. The number of amides is 1. The van der Waals surface area contributed by atoms with Crippen molar-refractivity contribution >= 4 is 5.91 Å². The number of hydrogen-bond donors (Lipinski definition) is 0. The summed E-state index contributed by atoms with van der Waals surface area (Å²) in [4.78, 5) is 12.9. The monoisotopic (exact) mass is 285 g/mol. The van der Waals surface area contributed by atoms with Gasteiger partial charge in [0.25, 0.3) is 5.91 Å². The van der Waals surface area contributed by atoms with Crippen LogP contribution in [0.5, 0.6) is 17.2 Å². The van der Waals surface area contributed by atoms with Crippen molar-refractivity contribution < 1.29 is 14.3 Å². The highest BCUT2D eigenvalue weighted by Crippen LogP contribution is 2.24. The average molecular weight is 285 g/mol. The Hall–Kier alpha value is -2.49. The molecule has 0 bridgehead atoms. The van der Waals surface area contributed by atoms with Crippen LogP contribution in [0.3, 0.4) is 0 Å². The normalized spacial score (nSPS) is 10.0. The van der Waals surface area contributed by atoms with Gasteiger partial charge in [0.1, 0.15) is 17.2 Å². The zero-order valence-electron chi connectivity index (χ0n) is 12.5. The van der Waals surface area contributed by atoms with Gasteiger partial charge in [-0.1, -0.05) is 17.7 Å². The van der Waals surface area contributed by atoms with Crippen LogP contribution in [0.4, 0.5) is 0 Å². The van der Waals surface area contributed by atoms with E-state index >= 15 is 0 Å². The van der Waals surface area contributed by atoms with Crippen LogP contribution in [0.2, 0.25) is 0 Å². The minimum atomic E-state index is -0.0741. The fourth-order valence-electron chi connectivity index (χ4n) is 1.62. The number of nitrogens with zero attached hydrogens (tertiary/aromatic N) is 1. The Morgan fingerprint density at radius 3 is 1.90 bits per heavy atom. The summed E-state index contributed by atoms with van der Waals surface area (Å²) in [6.07, 6.45) is 0. The summed E-state index contributed by atoms with van der Waals surface area (Å²) in [6, 6.07) is 15.0. The third-order valence-electron chi connectivity index (χ3n) is 2.94. The van der Waals surface area contributed by atoms with Gasteiger partial charge < -0.3 is 14.4 Å². The van der Waals surface area contributed by atoms with Gasteiger partial charge in [0.15, 0.2) is 6.61 Å². The number of likely N-dealkylation sites (N-methyl/N-ethyl adjacent to an activating group) is 1. The van der Waals surface area contributed by atoms with E-state index in [1.807, 2.05) is 43.3 Å². The van der Waals surface area contributed by atoms with Crippen LogP contribution in [0, 0.1) is 6.92 Å². The Bertz CT molecular complexity index is 588. The van der Waals surface area contributed by atoms with E-state index in [1.54, 1.807) is 26.2 Å². The van der Waals surface area contributed by atoms with Crippen molar-refractivity contribution in [3.8, 4) is 17.2 Å². The topological polar surface area (TPSA) is 38.8 Å². The van der Waals surface area contributed by atoms with Crippen molar-refractivity contribution in [1.29, 1.82) is 0 Å². The molecule has 2 aromatic carbocycles. The third kappa shape index (κ3) is 4.53. The molecule has 0 atom stereocenters. The molecule has 0 unspecified atom stereocenters. The van der Waals surface area contributed by atoms with Gasteiger partial charge in [-0.25, -0.2) is 0 Å². The number of rotatable bonds is 5. The number of carbonyl (C=O) groups is 1. The molecule has 0 saturated carbocycles. The summed E-state index contributed by atoms with van der Waals surface area (Å²) in [6.45, 7) is 2.07. The molecule has 0 fully saturated rings. The number of benzene rings is 2. The molecule has 0 N–H and O–H groups in total. The number of carbonyl (C=O) groups excluding carboxylic acids is 1. The minimum Gasteiger partial charge on any atom is -0.484 e. The summed E-state index contributed by atoms with van der Waals surface area (Å²) in [5, 5.41) is 0. The molecule has 0 spiro atoms. The van der Waals surface area contributed by atoms with E-state index in [1.165, 1.54) is 10.5 Å². The van der Waals surface area contributed by atoms with E-state index in [-0.39, 0.29) is 12.5 Å². The van der Waals surface area contributed by atoms with E-state index in [9.17, 15) is 4.79 Å². The summed E-state index contributed by atoms with van der Waals surface area (Å²) in [5.41, 5.74) is 1.19. The Labute approximate surface area is 124 Å². The van der Waals surface area contributed by atoms with E-state index < -0.39 is 0 Å². The molecular weight excluding hydrogens is 266 g/mol. The number of ether oxygens (including phenoxy) is 2. The Morgan fingerprint density at radius 1 is 0.905 bits per heavy atom. The van der Waals surface area contributed by atoms with Crippen molar-refractivity contribution in [3.63, 3.8) is 0 Å². The molecule has 110 valence electrons. The number of aryl methyl sites for hydroxylation is 1. The third-order valence-corrected chi connectivity index (χ3v) is 2.94. The van der Waals surface area contributed by atoms with Crippen LogP contribution in [0.25, 0.3) is 0 Å². The maximum atomic E-state index is 11.4. The zero-order chi connectivity index (χ0) is 15.2. The van der Waals surface area contributed by atoms with Gasteiger partial charge in [0.2, 0.25) is 0 Å². The fraction of sp³-hybridized carbons (Fsp3) is 0.235. The highest BCUT2D eigenvalue weighted by Gasteiger charge is 2.05. The van der Waals surface area contributed by atoms with Crippen LogP contribution < -0.4 is 9.47 Å². The Kier molecular flexibility index (Phi) is 4.82. The lowest BCUT2D eigenvalue weighted by Gasteiger charge is -2.11. The van der Waals surface area contributed by atoms with Gasteiger partial charge in [-0.15, -0.1) is 0 Å². The van der Waals surface area contributed by atoms with Gasteiger partial charge in [0.05, 0.1) is 0 Å². The predicted octanol–water partition coefficient (Wildman–Crippen LogP) is 3.25. The van der Waals surface area contributed by atoms with Crippen LogP contribution in [0.15, 0.2) is 48.5 Å². The molecule has 0 aliphatic carbocycles. The highest BCUT2D eigenvalue weighted by molar-refractivity contribution is 5.77. The van der Waals surface area contributed by atoms with Gasteiger partial charge in [0, 0.05) is 14.1 Å². The molecular formula is C17H19NO3. The van der Waals surface area contributed by atoms with Crippen molar-refractivity contribution in [3.05, 3.63) is 54.1 Å². The molecule has 0 aliphatic heterocycles. The van der Waals surface area contributed by atoms with E-state index in [4.69, 9.17) is 9.47 Å². The standard InChI is InChI=1S/C17H19NO3/c1-13-4-6-15(7-5-13)21-16-10-8-14(9-11-16)20-12-17(19)18(2)3/h4-11H,12H2,1-3H3. The largest absolute Gasteiger partial charge is 0.484 e. The lowest BCUT2D eigenvalue weighted by molar-refractivity contribution is -0.130. The first-order valence-corrected chi connectivity index (χ1v) is 6.72. The molecule has 2 aromatic rings. The van der Waals surface area contributed by atoms with Crippen molar-refractivity contribution in [2.24, 2.45) is 0 Å². The average Bonchev–Trinajstić information content (AvgIpc) is 2.48. The first-order chi connectivity index (χ1) is 10.0. The molecule has 2 rings (SSSR count). The Morgan fingerprint density at radius 2 is 1.38 bits per heavy atom. The second-order valence-corrected chi connectivity index (χ2v) is 4.96. The van der Waals surface area contributed by atoms with Crippen LogP contribution in [-0.2, 0) is 4.79 Å². The van der Waals surface area contributed by atoms with E-state index in [2.05, 4.69) is 0 Å². The summed E-state index contributed by atoms with van der Waals surface area (Å²) >= 11 is 0. The molecule has 1 amide bonds. The molecule has 21 heavy (non-hydrogen) atoms. The predicted molar refractivity (Wildman–Crippen MR) is 81.9 cm³/mol. The lowest BCUT2D eigenvalue weighted by Crippen LogP contribution is -2.27. The summed E-state index contributed by atoms with van der Waals surface area (Å²) in [7, 11) is 3.40. The minimum absolute atomic E-state index is 0.0329. The van der Waals surface area contributed by atoms with Gasteiger partial charge in [-0.3, -0.25) is 4.79 Å². The van der Waals surface area contributed by atoms with Crippen LogP contribution >= 0.6 is 0 Å². The van der Waals surface area contributed by atoms with E-state index in [0.717, 1.165) is 11.5 Å². The Balaban J connectivity index is 1.92. The quantitative estimate of drug-likeness (QED) is 0.846. The maximum Gasteiger partial charge on any atom is 0.259 e. The smallest absolute Gasteiger partial charge is 0.259 e. The molecule has 0 saturated heterocycles. The maximum absolute atomic E-state index is 11.4. The molecule has 0 aliphatic rings. The van der Waals surface area contributed by atoms with Gasteiger partial charge >= 0.3 is 0 Å². The summed E-state index contributed by atoms with van der Waals surface area (Å²) < 4.78 is 11.1. The molecule has 4 heteroatoms. The van der Waals surface area contributed by atoms with Crippen LogP contribution in [0.1, 0.15) is 5.56 Å². The fourth-order valence-corrected chi connectivity index (χ4v) is 1.62. The highest BCUT2D eigenvalue weighted by atomic mass is 16.5. The second kappa shape index (κ2) is 6.79. The van der Waals surface area contributed by atoms with Gasteiger partial charge in [-0.2, -0.15) is 0 Å². The number of hydrogen-bond acceptors (Lipinski definition) is 3. The second-order valence-electron chi connectivity index (χ2n) is 4.96. The molecule has 0 heterocycles. The van der Waals surface area contributed by atoms with Crippen molar-refractivity contribution in [2.45, 2.75) is 6.92 Å². The lowest BCUT2D eigenvalue weighted by atomic mass is 10.2. The molecule has 4 nitrogen and oxygen atoms in total. The van der Waals surface area contributed by atoms with Crippen molar-refractivity contribution in [2.75, 3.05) is 20.7 Å². The van der Waals surface area contributed by atoms with E-state index in [0.29, 0.717) is 5.75 Å². The van der Waals surface area contributed by atoms with Crippen LogP contribution in [-0.4, -0.2) is 31.5 Å². The first kappa shape index (κ1) is 14.9. The molecule has 0 aromatic heterocycles. The van der Waals surface area contributed by atoms with Crippen molar-refractivity contribution in [1.82, 2.24) is 4.90 Å². The first-order valence-electron chi connectivity index (χ1n) is 6.72. The SMILES string of the molecule is Cc1ccc(Oc2ccc(OCC(=O)N(C)C)cc2)cc1. The van der Waals surface area contributed by atoms with Gasteiger partial charge in [-0.05, 0) is 43.3 Å². The molecule has 0 radical (unpaired) electrons. The summed E-state index contributed by atoms with van der Waals surface area (Å²) in [5.74, 6) is 2.08.